The molecule has 0 saturated carbocycles. The Morgan fingerprint density at radius 1 is 1.10 bits per heavy atom. The quantitative estimate of drug-likeness (QED) is 0.710. The fourth-order valence-electron chi connectivity index (χ4n) is 3.07. The van der Waals surface area contributed by atoms with Crippen LogP contribution in [0.4, 0.5) is 5.69 Å². The molecule has 1 aliphatic heterocycles. The molecule has 29 heavy (non-hydrogen) atoms. The van der Waals surface area contributed by atoms with Crippen LogP contribution in [0, 0.1) is 0 Å². The van der Waals surface area contributed by atoms with E-state index in [-0.39, 0.29) is 10.6 Å². The first kappa shape index (κ1) is 19.0. The number of anilines is 1. The van der Waals surface area contributed by atoms with E-state index in [4.69, 9.17) is 0 Å². The molecule has 0 aliphatic carbocycles. The Hall–Kier alpha value is -3.33. The molecule has 8 nitrogen and oxygen atoms in total. The van der Waals surface area contributed by atoms with E-state index in [0.29, 0.717) is 29.0 Å². The molecule has 4 rings (SSSR count). The number of nitrogens with one attached hydrogen (secondary N) is 1. The summed E-state index contributed by atoms with van der Waals surface area (Å²) in [5.41, 5.74) is 1.95. The average molecular weight is 409 g/mol. The van der Waals surface area contributed by atoms with Gasteiger partial charge < -0.3 is 10.2 Å². The molecule has 0 spiro atoms. The second kappa shape index (κ2) is 7.59. The van der Waals surface area contributed by atoms with Crippen molar-refractivity contribution in [1.29, 1.82) is 0 Å². The van der Waals surface area contributed by atoms with Crippen LogP contribution < -0.4 is 5.32 Å². The largest absolute Gasteiger partial charge is 0.362 e. The summed E-state index contributed by atoms with van der Waals surface area (Å²) in [6, 6.07) is 13.2. The van der Waals surface area contributed by atoms with Gasteiger partial charge in [-0.1, -0.05) is 12.1 Å². The maximum Gasteiger partial charge on any atom is 0.283 e. The van der Waals surface area contributed by atoms with Crippen molar-refractivity contribution >= 4 is 38.5 Å². The molecule has 3 aromatic rings. The van der Waals surface area contributed by atoms with Crippen LogP contribution in [0.2, 0.25) is 0 Å². The van der Waals surface area contributed by atoms with E-state index < -0.39 is 15.9 Å². The molecular formula is C20H19N5O3S. The van der Waals surface area contributed by atoms with Crippen LogP contribution in [-0.4, -0.2) is 48.6 Å². The van der Waals surface area contributed by atoms with Gasteiger partial charge in [-0.05, 0) is 42.8 Å². The number of nitrogens with zero attached hydrogens (tertiary/aromatic N) is 4. The van der Waals surface area contributed by atoms with Crippen LogP contribution in [0.3, 0.4) is 0 Å². The highest BCUT2D eigenvalue weighted by Crippen LogP contribution is 2.19. The summed E-state index contributed by atoms with van der Waals surface area (Å²) < 4.78 is 28.9. The molecular weight excluding hydrogens is 390 g/mol. The molecule has 2 heterocycles. The maximum absolute atomic E-state index is 12.5. The number of carbonyl (C=O) groups excluding carboxylic acids is 1. The number of amidine groups is 1. The minimum atomic E-state index is -3.79. The third-order valence-electron chi connectivity index (χ3n) is 4.65. The summed E-state index contributed by atoms with van der Waals surface area (Å²) in [4.78, 5) is 22.9. The maximum atomic E-state index is 12.5. The summed E-state index contributed by atoms with van der Waals surface area (Å²) in [6.45, 7) is 0.803. The molecule has 0 radical (unpaired) electrons. The van der Waals surface area contributed by atoms with Crippen LogP contribution in [-0.2, 0) is 10.0 Å². The molecule has 1 amide bonds. The third-order valence-corrected chi connectivity index (χ3v) is 5.97. The van der Waals surface area contributed by atoms with Gasteiger partial charge in [-0.2, -0.15) is 8.42 Å². The van der Waals surface area contributed by atoms with E-state index in [1.54, 1.807) is 6.07 Å². The predicted molar refractivity (Wildman–Crippen MR) is 110 cm³/mol. The average Bonchev–Trinajstić information content (AvgIpc) is 3.12. The minimum Gasteiger partial charge on any atom is -0.362 e. The molecule has 2 aromatic carbocycles. The zero-order valence-electron chi connectivity index (χ0n) is 15.7. The number of carbonyl (C=O) groups is 1. The molecule has 0 atom stereocenters. The second-order valence-corrected chi connectivity index (χ2v) is 8.33. The number of likely N-dealkylation sites (tertiary alicyclic amines) is 1. The Balaban J connectivity index is 1.51. The normalized spacial score (nSPS) is 15.8. The van der Waals surface area contributed by atoms with E-state index >= 15 is 0 Å². The molecule has 1 N–H and O–H groups in total. The summed E-state index contributed by atoms with van der Waals surface area (Å²) in [6.07, 6.45) is 2.95. The number of para-hydroxylation sites is 2. The first-order valence-electron chi connectivity index (χ1n) is 9.10. The molecule has 148 valence electrons. The van der Waals surface area contributed by atoms with Crippen LogP contribution >= 0.6 is 0 Å². The van der Waals surface area contributed by atoms with Gasteiger partial charge in [-0.15, -0.1) is 4.40 Å². The van der Waals surface area contributed by atoms with E-state index in [0.717, 1.165) is 13.0 Å². The lowest BCUT2D eigenvalue weighted by Gasteiger charge is -2.11. The summed E-state index contributed by atoms with van der Waals surface area (Å²) in [5.74, 6) is 0.143. The van der Waals surface area contributed by atoms with Crippen molar-refractivity contribution in [3.63, 3.8) is 0 Å². The minimum absolute atomic E-state index is 0.0776. The smallest absolute Gasteiger partial charge is 0.283 e. The number of fused-ring (bicyclic) bond motifs is 1. The monoisotopic (exact) mass is 409 g/mol. The standard InChI is InChI=1S/C20H19N5O3S/c1-25-12-4-7-19(25)24-29(27,28)15-10-8-14(9-11-15)22-20(26)18-13-21-16-5-2-3-6-17(16)23-18/h2-3,5-6,8-11,13H,4,7,12H2,1H3,(H,22,26)/b24-19-. The Kier molecular flexibility index (Phi) is 4.98. The van der Waals surface area contributed by atoms with Gasteiger partial charge in [-0.3, -0.25) is 9.78 Å². The van der Waals surface area contributed by atoms with E-state index in [1.165, 1.54) is 30.5 Å². The zero-order chi connectivity index (χ0) is 20.4. The van der Waals surface area contributed by atoms with E-state index in [9.17, 15) is 13.2 Å². The van der Waals surface area contributed by atoms with Gasteiger partial charge in [0.2, 0.25) is 0 Å². The van der Waals surface area contributed by atoms with E-state index in [2.05, 4.69) is 19.7 Å². The fourth-order valence-corrected chi connectivity index (χ4v) is 4.17. The summed E-state index contributed by atoms with van der Waals surface area (Å²) >= 11 is 0. The highest BCUT2D eigenvalue weighted by atomic mass is 32.2. The lowest BCUT2D eigenvalue weighted by Crippen LogP contribution is -2.20. The van der Waals surface area contributed by atoms with Crippen LogP contribution in [0.5, 0.6) is 0 Å². The number of amides is 1. The topological polar surface area (TPSA) is 105 Å². The van der Waals surface area contributed by atoms with Crippen molar-refractivity contribution in [2.24, 2.45) is 4.40 Å². The van der Waals surface area contributed by atoms with Gasteiger partial charge in [0, 0.05) is 25.7 Å². The van der Waals surface area contributed by atoms with Crippen molar-refractivity contribution in [3.05, 3.63) is 60.4 Å². The van der Waals surface area contributed by atoms with Crippen molar-refractivity contribution in [2.75, 3.05) is 18.9 Å². The van der Waals surface area contributed by atoms with Gasteiger partial charge in [0.1, 0.15) is 11.5 Å². The number of sulfonamides is 1. The fraction of sp³-hybridized carbons (Fsp3) is 0.200. The van der Waals surface area contributed by atoms with Crippen molar-refractivity contribution in [2.45, 2.75) is 17.7 Å². The van der Waals surface area contributed by atoms with Crippen molar-refractivity contribution < 1.29 is 13.2 Å². The number of aromatic nitrogens is 2. The number of rotatable bonds is 4. The van der Waals surface area contributed by atoms with Crippen LogP contribution in [0.25, 0.3) is 11.0 Å². The van der Waals surface area contributed by atoms with Crippen LogP contribution in [0.1, 0.15) is 23.3 Å². The number of benzene rings is 2. The lowest BCUT2D eigenvalue weighted by atomic mass is 10.3. The number of hydrogen-bond acceptors (Lipinski definition) is 5. The van der Waals surface area contributed by atoms with Gasteiger partial charge in [-0.25, -0.2) is 4.98 Å². The second-order valence-electron chi connectivity index (χ2n) is 6.73. The molecule has 1 aromatic heterocycles. The molecule has 0 bridgehead atoms. The first-order chi connectivity index (χ1) is 13.9. The Bertz CT molecular complexity index is 1210. The van der Waals surface area contributed by atoms with Crippen LogP contribution in [0.15, 0.2) is 64.0 Å². The molecule has 1 aliphatic rings. The first-order valence-corrected chi connectivity index (χ1v) is 10.5. The van der Waals surface area contributed by atoms with Crippen molar-refractivity contribution in [1.82, 2.24) is 14.9 Å². The van der Waals surface area contributed by atoms with Gasteiger partial charge in [0.25, 0.3) is 15.9 Å². The Labute approximate surface area is 168 Å². The number of hydrogen-bond donors (Lipinski definition) is 1. The summed E-state index contributed by atoms with van der Waals surface area (Å²) in [5, 5.41) is 2.70. The highest BCUT2D eigenvalue weighted by Gasteiger charge is 2.20. The predicted octanol–water partition coefficient (Wildman–Crippen LogP) is 2.69. The van der Waals surface area contributed by atoms with E-state index in [1.807, 2.05) is 30.1 Å². The van der Waals surface area contributed by atoms with Gasteiger partial charge in [0.05, 0.1) is 22.1 Å². The molecule has 9 heteroatoms. The van der Waals surface area contributed by atoms with Gasteiger partial charge in [0.15, 0.2) is 0 Å². The van der Waals surface area contributed by atoms with Crippen molar-refractivity contribution in [3.8, 4) is 0 Å². The lowest BCUT2D eigenvalue weighted by molar-refractivity contribution is 0.102. The molecule has 1 saturated heterocycles. The summed E-state index contributed by atoms with van der Waals surface area (Å²) in [7, 11) is -1.96. The zero-order valence-corrected chi connectivity index (χ0v) is 16.6. The Morgan fingerprint density at radius 3 is 2.52 bits per heavy atom. The highest BCUT2D eigenvalue weighted by molar-refractivity contribution is 7.90. The third kappa shape index (κ3) is 4.09. The molecule has 0 unspecified atom stereocenters. The SMILES string of the molecule is CN1CCC/C1=N/S(=O)(=O)c1ccc(NC(=O)c2cnc3ccccc3n2)cc1. The Morgan fingerprint density at radius 2 is 1.83 bits per heavy atom. The molecule has 1 fully saturated rings. The van der Waals surface area contributed by atoms with Gasteiger partial charge >= 0.3 is 0 Å².